The lowest BCUT2D eigenvalue weighted by molar-refractivity contribution is 0.130. The van der Waals surface area contributed by atoms with E-state index in [2.05, 4.69) is 30.1 Å². The van der Waals surface area contributed by atoms with Gasteiger partial charge < -0.3 is 14.8 Å². The summed E-state index contributed by atoms with van der Waals surface area (Å²) in [5, 5.41) is 3.59. The van der Waals surface area contributed by atoms with E-state index in [0.717, 1.165) is 31.1 Å². The van der Waals surface area contributed by atoms with Gasteiger partial charge in [-0.1, -0.05) is 13.0 Å². The van der Waals surface area contributed by atoms with Crippen molar-refractivity contribution in [1.29, 1.82) is 0 Å². The highest BCUT2D eigenvalue weighted by Crippen LogP contribution is 2.26. The zero-order valence-corrected chi connectivity index (χ0v) is 13.0. The third-order valence-corrected chi connectivity index (χ3v) is 4.14. The lowest BCUT2D eigenvalue weighted by Gasteiger charge is -2.38. The van der Waals surface area contributed by atoms with Gasteiger partial charge in [-0.05, 0) is 19.4 Å². The van der Waals surface area contributed by atoms with E-state index in [4.69, 9.17) is 9.47 Å². The van der Waals surface area contributed by atoms with Crippen molar-refractivity contribution in [3.05, 3.63) is 23.8 Å². The van der Waals surface area contributed by atoms with Crippen molar-refractivity contribution >= 4 is 0 Å². The number of hydrogen-bond donors (Lipinski definition) is 1. The van der Waals surface area contributed by atoms with Gasteiger partial charge in [0.1, 0.15) is 11.5 Å². The Kier molecular flexibility index (Phi) is 5.26. The van der Waals surface area contributed by atoms with Crippen LogP contribution < -0.4 is 14.8 Å². The van der Waals surface area contributed by atoms with Crippen molar-refractivity contribution in [2.45, 2.75) is 38.9 Å². The van der Waals surface area contributed by atoms with Gasteiger partial charge in [-0.3, -0.25) is 4.90 Å². The van der Waals surface area contributed by atoms with Crippen LogP contribution in [0.1, 0.15) is 25.8 Å². The molecule has 2 rings (SSSR count). The zero-order chi connectivity index (χ0) is 14.5. The molecule has 0 saturated carbocycles. The van der Waals surface area contributed by atoms with Gasteiger partial charge in [0.2, 0.25) is 0 Å². The molecular formula is C16H26N2O2. The number of benzene rings is 1. The molecule has 0 radical (unpaired) electrons. The van der Waals surface area contributed by atoms with Crippen molar-refractivity contribution in [3.8, 4) is 11.5 Å². The largest absolute Gasteiger partial charge is 0.497 e. The summed E-state index contributed by atoms with van der Waals surface area (Å²) in [5.41, 5.74) is 1.22. The Morgan fingerprint density at radius 1 is 1.30 bits per heavy atom. The van der Waals surface area contributed by atoms with E-state index in [9.17, 15) is 0 Å². The average molecular weight is 278 g/mol. The number of nitrogens with zero attached hydrogens (tertiary/aromatic N) is 1. The first-order valence-corrected chi connectivity index (χ1v) is 7.36. The standard InChI is InChI=1S/C16H26N2O2/c1-5-14-11-18(12(2)9-17-14)10-13-6-7-15(19-3)8-16(13)20-4/h6-8,12,14,17H,5,9-11H2,1-4H3. The summed E-state index contributed by atoms with van der Waals surface area (Å²) in [7, 11) is 3.40. The van der Waals surface area contributed by atoms with Gasteiger partial charge in [-0.25, -0.2) is 0 Å². The van der Waals surface area contributed by atoms with Gasteiger partial charge in [0.05, 0.1) is 14.2 Å². The van der Waals surface area contributed by atoms with E-state index in [0.29, 0.717) is 12.1 Å². The summed E-state index contributed by atoms with van der Waals surface area (Å²) >= 11 is 0. The quantitative estimate of drug-likeness (QED) is 0.896. The van der Waals surface area contributed by atoms with E-state index in [1.807, 2.05) is 12.1 Å². The lowest BCUT2D eigenvalue weighted by Crippen LogP contribution is -2.54. The van der Waals surface area contributed by atoms with Crippen molar-refractivity contribution < 1.29 is 9.47 Å². The van der Waals surface area contributed by atoms with Crippen molar-refractivity contribution in [1.82, 2.24) is 10.2 Å². The maximum absolute atomic E-state index is 5.50. The van der Waals surface area contributed by atoms with E-state index < -0.39 is 0 Å². The molecule has 0 spiro atoms. The second kappa shape index (κ2) is 6.95. The monoisotopic (exact) mass is 278 g/mol. The Balaban J connectivity index is 2.11. The number of piperazine rings is 1. The van der Waals surface area contributed by atoms with Gasteiger partial charge in [-0.2, -0.15) is 0 Å². The molecule has 1 heterocycles. The minimum absolute atomic E-state index is 0.546. The molecule has 0 bridgehead atoms. The minimum Gasteiger partial charge on any atom is -0.497 e. The normalized spacial score (nSPS) is 23.6. The SMILES string of the molecule is CCC1CN(Cc2ccc(OC)cc2OC)C(C)CN1. The van der Waals surface area contributed by atoms with Crippen LogP contribution in [-0.4, -0.2) is 44.3 Å². The third kappa shape index (κ3) is 3.44. The summed E-state index contributed by atoms with van der Waals surface area (Å²) in [6, 6.07) is 7.20. The van der Waals surface area contributed by atoms with Crippen LogP contribution in [0.2, 0.25) is 0 Å². The second-order valence-electron chi connectivity index (χ2n) is 5.47. The molecule has 1 N–H and O–H groups in total. The van der Waals surface area contributed by atoms with E-state index >= 15 is 0 Å². The molecule has 2 unspecified atom stereocenters. The van der Waals surface area contributed by atoms with Crippen molar-refractivity contribution in [3.63, 3.8) is 0 Å². The average Bonchev–Trinajstić information content (AvgIpc) is 2.49. The zero-order valence-electron chi connectivity index (χ0n) is 13.0. The molecule has 20 heavy (non-hydrogen) atoms. The molecular weight excluding hydrogens is 252 g/mol. The first-order chi connectivity index (χ1) is 9.67. The van der Waals surface area contributed by atoms with Crippen molar-refractivity contribution in [2.24, 2.45) is 0 Å². The van der Waals surface area contributed by atoms with Crippen LogP contribution in [0.3, 0.4) is 0 Å². The molecule has 1 fully saturated rings. The predicted octanol–water partition coefficient (Wildman–Crippen LogP) is 2.28. The smallest absolute Gasteiger partial charge is 0.127 e. The molecule has 1 aliphatic heterocycles. The number of hydrogen-bond acceptors (Lipinski definition) is 4. The van der Waals surface area contributed by atoms with Crippen LogP contribution in [0.4, 0.5) is 0 Å². The van der Waals surface area contributed by atoms with E-state index in [1.165, 1.54) is 12.0 Å². The van der Waals surface area contributed by atoms with Gasteiger partial charge in [0.15, 0.2) is 0 Å². The van der Waals surface area contributed by atoms with Crippen LogP contribution in [0.15, 0.2) is 18.2 Å². The minimum atomic E-state index is 0.546. The number of nitrogens with one attached hydrogen (secondary N) is 1. The predicted molar refractivity (Wildman–Crippen MR) is 81.5 cm³/mol. The highest BCUT2D eigenvalue weighted by molar-refractivity contribution is 5.40. The lowest BCUT2D eigenvalue weighted by atomic mass is 10.1. The highest BCUT2D eigenvalue weighted by Gasteiger charge is 2.24. The third-order valence-electron chi connectivity index (χ3n) is 4.14. The molecule has 0 aliphatic carbocycles. The van der Waals surface area contributed by atoms with Crippen LogP contribution >= 0.6 is 0 Å². The fourth-order valence-corrected chi connectivity index (χ4v) is 2.69. The van der Waals surface area contributed by atoms with Crippen molar-refractivity contribution in [2.75, 3.05) is 27.3 Å². The molecule has 1 aromatic carbocycles. The second-order valence-corrected chi connectivity index (χ2v) is 5.47. The van der Waals surface area contributed by atoms with Crippen LogP contribution in [0.25, 0.3) is 0 Å². The molecule has 0 aromatic heterocycles. The van der Waals surface area contributed by atoms with Gasteiger partial charge in [0.25, 0.3) is 0 Å². The van der Waals surface area contributed by atoms with Crippen LogP contribution in [-0.2, 0) is 6.54 Å². The Hall–Kier alpha value is -1.26. The van der Waals surface area contributed by atoms with Gasteiger partial charge >= 0.3 is 0 Å². The number of rotatable bonds is 5. The Morgan fingerprint density at radius 2 is 2.10 bits per heavy atom. The molecule has 1 saturated heterocycles. The van der Waals surface area contributed by atoms with E-state index in [-0.39, 0.29) is 0 Å². The summed E-state index contributed by atoms with van der Waals surface area (Å²) in [6.45, 7) is 7.57. The highest BCUT2D eigenvalue weighted by atomic mass is 16.5. The molecule has 1 aliphatic rings. The summed E-state index contributed by atoms with van der Waals surface area (Å²) < 4.78 is 10.7. The molecule has 2 atom stereocenters. The fourth-order valence-electron chi connectivity index (χ4n) is 2.69. The summed E-state index contributed by atoms with van der Waals surface area (Å²) in [4.78, 5) is 2.52. The maximum atomic E-state index is 5.50. The summed E-state index contributed by atoms with van der Waals surface area (Å²) in [5.74, 6) is 1.74. The molecule has 4 heteroatoms. The Morgan fingerprint density at radius 3 is 2.75 bits per heavy atom. The summed E-state index contributed by atoms with van der Waals surface area (Å²) in [6.07, 6.45) is 1.17. The molecule has 112 valence electrons. The molecule has 4 nitrogen and oxygen atoms in total. The first-order valence-electron chi connectivity index (χ1n) is 7.36. The fraction of sp³-hybridized carbons (Fsp3) is 0.625. The van der Waals surface area contributed by atoms with Gasteiger partial charge in [-0.15, -0.1) is 0 Å². The number of methoxy groups -OCH3 is 2. The molecule has 0 amide bonds. The maximum Gasteiger partial charge on any atom is 0.127 e. The van der Waals surface area contributed by atoms with Gasteiger partial charge in [0, 0.05) is 43.3 Å². The number of ether oxygens (including phenoxy) is 2. The van der Waals surface area contributed by atoms with Crippen LogP contribution in [0, 0.1) is 0 Å². The topological polar surface area (TPSA) is 33.7 Å². The Bertz CT molecular complexity index is 436. The molecule has 1 aromatic rings. The van der Waals surface area contributed by atoms with Crippen LogP contribution in [0.5, 0.6) is 11.5 Å². The van der Waals surface area contributed by atoms with E-state index in [1.54, 1.807) is 14.2 Å². The Labute approximate surface area is 122 Å². The first kappa shape index (κ1) is 15.1.